The first kappa shape index (κ1) is 23.5. The van der Waals surface area contributed by atoms with Crippen molar-refractivity contribution >= 4 is 52.3 Å². The van der Waals surface area contributed by atoms with E-state index in [1.54, 1.807) is 17.5 Å². The van der Waals surface area contributed by atoms with Gasteiger partial charge in [0.2, 0.25) is 5.91 Å². The Kier molecular flexibility index (Phi) is 9.26. The van der Waals surface area contributed by atoms with Crippen LogP contribution in [0.4, 0.5) is 0 Å². The van der Waals surface area contributed by atoms with Gasteiger partial charge < -0.3 is 10.6 Å². The van der Waals surface area contributed by atoms with Crippen LogP contribution in [0.1, 0.15) is 16.6 Å². The molecule has 2 N–H and O–H groups in total. The molecule has 1 amide bonds. The summed E-state index contributed by atoms with van der Waals surface area (Å²) in [4.78, 5) is 23.5. The largest absolute Gasteiger partial charge is 0.355 e. The zero-order chi connectivity index (χ0) is 18.5. The first-order chi connectivity index (χ1) is 13.3. The summed E-state index contributed by atoms with van der Waals surface area (Å²) in [5.41, 5.74) is 2.18. The number of benzene rings is 1. The number of nitrogens with one attached hydrogen (secondary N) is 2. The normalized spacial score (nSPS) is 16.6. The van der Waals surface area contributed by atoms with Gasteiger partial charge in [0.25, 0.3) is 0 Å². The molecule has 1 aromatic carbocycles. The molecule has 1 unspecified atom stereocenters. The molecule has 0 aliphatic carbocycles. The van der Waals surface area contributed by atoms with E-state index >= 15 is 0 Å². The van der Waals surface area contributed by atoms with Crippen molar-refractivity contribution in [2.24, 2.45) is 0 Å². The molecule has 1 aliphatic heterocycles. The lowest BCUT2D eigenvalue weighted by atomic mass is 10.1. The van der Waals surface area contributed by atoms with Crippen molar-refractivity contribution in [3.63, 3.8) is 0 Å². The van der Waals surface area contributed by atoms with E-state index in [1.807, 2.05) is 30.5 Å². The van der Waals surface area contributed by atoms with Crippen LogP contribution in [0.2, 0.25) is 0 Å². The van der Waals surface area contributed by atoms with Gasteiger partial charge in [-0.1, -0.05) is 18.2 Å². The number of carbonyl (C=O) groups excluding carboxylic acids is 1. The highest BCUT2D eigenvalue weighted by atomic mass is 35.5. The predicted molar refractivity (Wildman–Crippen MR) is 122 cm³/mol. The molecular weight excluding hydrogens is 429 g/mol. The van der Waals surface area contributed by atoms with Crippen LogP contribution in [0.3, 0.4) is 0 Å². The van der Waals surface area contributed by atoms with Gasteiger partial charge in [-0.3, -0.25) is 14.7 Å². The van der Waals surface area contributed by atoms with Gasteiger partial charge in [0.1, 0.15) is 0 Å². The Morgan fingerprint density at radius 1 is 1.24 bits per heavy atom. The molecule has 4 rings (SSSR count). The van der Waals surface area contributed by atoms with Crippen LogP contribution in [-0.2, 0) is 11.2 Å². The molecule has 9 heteroatoms. The Hall–Kier alpha value is -1.77. The van der Waals surface area contributed by atoms with E-state index in [2.05, 4.69) is 37.6 Å². The van der Waals surface area contributed by atoms with Gasteiger partial charge >= 0.3 is 0 Å². The van der Waals surface area contributed by atoms with Crippen molar-refractivity contribution in [1.82, 2.24) is 25.5 Å². The molecule has 0 radical (unpaired) electrons. The molecule has 1 fully saturated rings. The van der Waals surface area contributed by atoms with Crippen molar-refractivity contribution in [1.29, 1.82) is 0 Å². The Bertz CT molecular complexity index is 875. The Morgan fingerprint density at radius 3 is 2.90 bits per heavy atom. The SMILES string of the molecule is Cl.Cl.O=C(CN1CCNCC1c1cccnc1)NCCc1nc2ccccc2s1. The van der Waals surface area contributed by atoms with Crippen molar-refractivity contribution < 1.29 is 4.79 Å². The minimum Gasteiger partial charge on any atom is -0.355 e. The average molecular weight is 454 g/mol. The van der Waals surface area contributed by atoms with Crippen LogP contribution in [0.15, 0.2) is 48.8 Å². The van der Waals surface area contributed by atoms with Gasteiger partial charge in [-0.05, 0) is 23.8 Å². The smallest absolute Gasteiger partial charge is 0.234 e. The van der Waals surface area contributed by atoms with Gasteiger partial charge in [0.15, 0.2) is 0 Å². The van der Waals surface area contributed by atoms with Gasteiger partial charge in [0.05, 0.1) is 21.8 Å². The van der Waals surface area contributed by atoms with Crippen molar-refractivity contribution in [3.05, 3.63) is 59.4 Å². The maximum absolute atomic E-state index is 12.4. The molecule has 156 valence electrons. The maximum Gasteiger partial charge on any atom is 0.234 e. The van der Waals surface area contributed by atoms with Crippen LogP contribution in [0, 0.1) is 0 Å². The molecule has 0 saturated carbocycles. The molecule has 6 nitrogen and oxygen atoms in total. The first-order valence-electron chi connectivity index (χ1n) is 9.25. The number of piperazine rings is 1. The second kappa shape index (κ2) is 11.4. The number of hydrogen-bond donors (Lipinski definition) is 2. The molecule has 3 aromatic rings. The third kappa shape index (κ3) is 6.10. The number of amides is 1. The monoisotopic (exact) mass is 453 g/mol. The number of fused-ring (bicyclic) bond motifs is 1. The second-order valence-corrected chi connectivity index (χ2v) is 7.77. The van der Waals surface area contributed by atoms with E-state index in [0.29, 0.717) is 13.1 Å². The highest BCUT2D eigenvalue weighted by Crippen LogP contribution is 2.22. The van der Waals surface area contributed by atoms with Gasteiger partial charge in [0, 0.05) is 51.0 Å². The molecule has 1 aliphatic rings. The minimum atomic E-state index is 0. The highest BCUT2D eigenvalue weighted by molar-refractivity contribution is 7.18. The summed E-state index contributed by atoms with van der Waals surface area (Å²) in [6.45, 7) is 3.61. The summed E-state index contributed by atoms with van der Waals surface area (Å²) in [5, 5.41) is 7.51. The fourth-order valence-corrected chi connectivity index (χ4v) is 4.38. The highest BCUT2D eigenvalue weighted by Gasteiger charge is 2.25. The quantitative estimate of drug-likeness (QED) is 0.600. The summed E-state index contributed by atoms with van der Waals surface area (Å²) in [6.07, 6.45) is 4.42. The number of nitrogens with zero attached hydrogens (tertiary/aromatic N) is 3. The number of para-hydroxylation sites is 1. The fourth-order valence-electron chi connectivity index (χ4n) is 3.41. The molecule has 1 atom stereocenters. The Labute approximate surface area is 186 Å². The van der Waals surface area contributed by atoms with Crippen LogP contribution in [0.5, 0.6) is 0 Å². The number of rotatable bonds is 6. The third-order valence-corrected chi connectivity index (χ3v) is 5.87. The molecule has 29 heavy (non-hydrogen) atoms. The number of carbonyl (C=O) groups is 1. The number of hydrogen-bond acceptors (Lipinski definition) is 6. The van der Waals surface area contributed by atoms with Crippen molar-refractivity contribution in [2.75, 3.05) is 32.7 Å². The number of aromatic nitrogens is 2. The van der Waals surface area contributed by atoms with Gasteiger partial charge in [-0.15, -0.1) is 36.2 Å². The summed E-state index contributed by atoms with van der Waals surface area (Å²) < 4.78 is 1.19. The fraction of sp³-hybridized carbons (Fsp3) is 0.350. The zero-order valence-corrected chi connectivity index (χ0v) is 18.4. The second-order valence-electron chi connectivity index (χ2n) is 6.65. The van der Waals surface area contributed by atoms with E-state index < -0.39 is 0 Å². The third-order valence-electron chi connectivity index (χ3n) is 4.77. The van der Waals surface area contributed by atoms with Crippen LogP contribution in [-0.4, -0.2) is 53.5 Å². The molecule has 3 heterocycles. The van der Waals surface area contributed by atoms with Crippen molar-refractivity contribution in [2.45, 2.75) is 12.5 Å². The molecule has 0 bridgehead atoms. The van der Waals surface area contributed by atoms with Crippen LogP contribution < -0.4 is 10.6 Å². The Morgan fingerprint density at radius 2 is 2.10 bits per heavy atom. The van der Waals surface area contributed by atoms with E-state index in [0.717, 1.165) is 42.1 Å². The minimum absolute atomic E-state index is 0. The summed E-state index contributed by atoms with van der Waals surface area (Å²) in [6, 6.07) is 12.3. The van der Waals surface area contributed by atoms with E-state index in [4.69, 9.17) is 0 Å². The first-order valence-corrected chi connectivity index (χ1v) is 10.1. The molecule has 0 spiro atoms. The lowest BCUT2D eigenvalue weighted by Gasteiger charge is -2.35. The van der Waals surface area contributed by atoms with Crippen LogP contribution in [0.25, 0.3) is 10.2 Å². The van der Waals surface area contributed by atoms with E-state index in [9.17, 15) is 4.79 Å². The molecule has 1 saturated heterocycles. The van der Waals surface area contributed by atoms with Crippen molar-refractivity contribution in [3.8, 4) is 0 Å². The summed E-state index contributed by atoms with van der Waals surface area (Å²) in [7, 11) is 0. The average Bonchev–Trinajstić information content (AvgIpc) is 3.12. The lowest BCUT2D eigenvalue weighted by Crippen LogP contribution is -2.49. The topological polar surface area (TPSA) is 70.2 Å². The van der Waals surface area contributed by atoms with Crippen LogP contribution >= 0.6 is 36.2 Å². The standard InChI is InChI=1S/C20H23N5OS.2ClH/c26-19(23-9-7-20-24-16-5-1-2-6-18(16)27-20)14-25-11-10-22-13-17(25)15-4-3-8-21-12-15;;/h1-6,8,12,17,22H,7,9-11,13-14H2,(H,23,26);2*1H. The molecule has 2 aromatic heterocycles. The van der Waals surface area contributed by atoms with E-state index in [-0.39, 0.29) is 36.8 Å². The van der Waals surface area contributed by atoms with Gasteiger partial charge in [-0.25, -0.2) is 4.98 Å². The zero-order valence-electron chi connectivity index (χ0n) is 15.9. The Balaban J connectivity index is 0.00000150. The number of thiazole rings is 1. The lowest BCUT2D eigenvalue weighted by molar-refractivity contribution is -0.123. The maximum atomic E-state index is 12.4. The predicted octanol–water partition coefficient (Wildman–Crippen LogP) is 2.84. The summed E-state index contributed by atoms with van der Waals surface area (Å²) >= 11 is 1.69. The number of halogens is 2. The molecular formula is C20H25Cl2N5OS. The summed E-state index contributed by atoms with van der Waals surface area (Å²) in [5.74, 6) is 0.0619. The van der Waals surface area contributed by atoms with E-state index in [1.165, 1.54) is 4.70 Å². The number of pyridine rings is 1. The van der Waals surface area contributed by atoms with Gasteiger partial charge in [-0.2, -0.15) is 0 Å².